The van der Waals surface area contributed by atoms with Gasteiger partial charge in [-0.25, -0.2) is 0 Å². The molecule has 1 saturated heterocycles. The van der Waals surface area contributed by atoms with E-state index in [4.69, 9.17) is 5.11 Å². The predicted molar refractivity (Wildman–Crippen MR) is 64.5 cm³/mol. The highest BCUT2D eigenvalue weighted by atomic mass is 16.4. The molecule has 1 rings (SSSR count). The zero-order chi connectivity index (χ0) is 12.1. The molecule has 0 saturated carbocycles. The van der Waals surface area contributed by atoms with Crippen molar-refractivity contribution < 1.29 is 9.90 Å². The average molecular weight is 228 g/mol. The van der Waals surface area contributed by atoms with Crippen molar-refractivity contribution in [1.29, 1.82) is 0 Å². The third kappa shape index (κ3) is 3.46. The van der Waals surface area contributed by atoms with Crippen molar-refractivity contribution in [3.05, 3.63) is 0 Å². The predicted octanol–water partition coefficient (Wildman–Crippen LogP) is 1.03. The van der Waals surface area contributed by atoms with E-state index < -0.39 is 5.97 Å². The number of nitrogens with one attached hydrogen (secondary N) is 1. The lowest BCUT2D eigenvalue weighted by molar-refractivity contribution is -0.143. The molecule has 0 amide bonds. The summed E-state index contributed by atoms with van der Waals surface area (Å²) in [5.41, 5.74) is 0. The molecule has 0 aromatic rings. The molecule has 0 radical (unpaired) electrons. The Kier molecular flexibility index (Phi) is 5.22. The minimum Gasteiger partial charge on any atom is -0.481 e. The van der Waals surface area contributed by atoms with Crippen molar-refractivity contribution in [2.24, 2.45) is 11.8 Å². The number of likely N-dealkylation sites (tertiary alicyclic amines) is 1. The molecular formula is C12H24N2O2. The Hall–Kier alpha value is -0.610. The van der Waals surface area contributed by atoms with Gasteiger partial charge in [-0.05, 0) is 45.8 Å². The summed E-state index contributed by atoms with van der Waals surface area (Å²) in [6.45, 7) is 6.93. The lowest BCUT2D eigenvalue weighted by Gasteiger charge is -2.38. The molecule has 1 heterocycles. The van der Waals surface area contributed by atoms with E-state index in [0.29, 0.717) is 5.92 Å². The highest BCUT2D eigenvalue weighted by Crippen LogP contribution is 2.21. The number of carbonyl (C=O) groups is 1. The number of nitrogens with zero attached hydrogens (tertiary/aromatic N) is 1. The zero-order valence-electron chi connectivity index (χ0n) is 10.6. The Morgan fingerprint density at radius 2 is 2.25 bits per heavy atom. The van der Waals surface area contributed by atoms with E-state index in [1.54, 1.807) is 6.92 Å². The van der Waals surface area contributed by atoms with Crippen LogP contribution in [0.2, 0.25) is 0 Å². The molecule has 0 spiro atoms. The first-order valence-corrected chi connectivity index (χ1v) is 6.17. The normalized spacial score (nSPS) is 26.3. The molecule has 94 valence electrons. The van der Waals surface area contributed by atoms with Crippen LogP contribution in [0.5, 0.6) is 0 Å². The van der Waals surface area contributed by atoms with Gasteiger partial charge in [0.05, 0.1) is 5.92 Å². The topological polar surface area (TPSA) is 52.6 Å². The van der Waals surface area contributed by atoms with Crippen molar-refractivity contribution >= 4 is 5.97 Å². The Labute approximate surface area is 98.0 Å². The molecule has 1 aliphatic heterocycles. The minimum atomic E-state index is -0.691. The van der Waals surface area contributed by atoms with Gasteiger partial charge in [-0.3, -0.25) is 9.69 Å². The van der Waals surface area contributed by atoms with Crippen molar-refractivity contribution in [1.82, 2.24) is 10.2 Å². The molecule has 2 N–H and O–H groups in total. The van der Waals surface area contributed by atoms with Gasteiger partial charge in [0.1, 0.15) is 0 Å². The third-order valence-electron chi connectivity index (χ3n) is 3.73. The number of piperidine rings is 1. The summed E-state index contributed by atoms with van der Waals surface area (Å²) < 4.78 is 0. The zero-order valence-corrected chi connectivity index (χ0v) is 10.6. The first kappa shape index (κ1) is 13.5. The molecular weight excluding hydrogens is 204 g/mol. The number of carboxylic acid groups (broad SMARTS) is 1. The second-order valence-corrected chi connectivity index (χ2v) is 4.93. The van der Waals surface area contributed by atoms with Crippen LogP contribution in [0.3, 0.4) is 0 Å². The molecule has 4 heteroatoms. The number of hydrogen-bond acceptors (Lipinski definition) is 3. The highest BCUT2D eigenvalue weighted by Gasteiger charge is 2.29. The van der Waals surface area contributed by atoms with Gasteiger partial charge in [-0.1, -0.05) is 6.92 Å². The average Bonchev–Trinajstić information content (AvgIpc) is 2.28. The van der Waals surface area contributed by atoms with Crippen LogP contribution < -0.4 is 5.32 Å². The van der Waals surface area contributed by atoms with Gasteiger partial charge in [0.15, 0.2) is 0 Å². The first-order chi connectivity index (χ1) is 7.56. The van der Waals surface area contributed by atoms with Crippen LogP contribution in [0.15, 0.2) is 0 Å². The van der Waals surface area contributed by atoms with Crippen molar-refractivity contribution in [2.75, 3.05) is 26.7 Å². The quantitative estimate of drug-likeness (QED) is 0.738. The summed E-state index contributed by atoms with van der Waals surface area (Å²) in [6, 6.07) is 0.136. The second kappa shape index (κ2) is 6.21. The molecule has 0 aromatic heterocycles. The summed E-state index contributed by atoms with van der Waals surface area (Å²) >= 11 is 0. The maximum Gasteiger partial charge on any atom is 0.307 e. The Balaban J connectivity index is 2.49. The van der Waals surface area contributed by atoms with E-state index >= 15 is 0 Å². The summed E-state index contributed by atoms with van der Waals surface area (Å²) in [6.07, 6.45) is 2.44. The fraction of sp³-hybridized carbons (Fsp3) is 0.917. The van der Waals surface area contributed by atoms with Crippen molar-refractivity contribution in [3.8, 4) is 0 Å². The van der Waals surface area contributed by atoms with Gasteiger partial charge in [0.25, 0.3) is 0 Å². The van der Waals surface area contributed by atoms with Crippen LogP contribution in [0.1, 0.15) is 26.7 Å². The lowest BCUT2D eigenvalue weighted by Crippen LogP contribution is -2.47. The van der Waals surface area contributed by atoms with Gasteiger partial charge in [0, 0.05) is 12.6 Å². The molecule has 1 fully saturated rings. The SMILES string of the molecule is CNCC1CCCN(C(C)C(C)C(=O)O)C1. The van der Waals surface area contributed by atoms with E-state index in [0.717, 1.165) is 19.6 Å². The smallest absolute Gasteiger partial charge is 0.307 e. The Bertz CT molecular complexity index is 231. The number of carboxylic acids is 1. The summed E-state index contributed by atoms with van der Waals surface area (Å²) in [5, 5.41) is 12.2. The summed E-state index contributed by atoms with van der Waals surface area (Å²) in [7, 11) is 1.97. The molecule has 0 bridgehead atoms. The highest BCUT2D eigenvalue weighted by molar-refractivity contribution is 5.70. The Morgan fingerprint density at radius 3 is 2.81 bits per heavy atom. The molecule has 3 atom stereocenters. The molecule has 3 unspecified atom stereocenters. The van der Waals surface area contributed by atoms with Crippen LogP contribution in [0.4, 0.5) is 0 Å². The van der Waals surface area contributed by atoms with Gasteiger partial charge in [0.2, 0.25) is 0 Å². The summed E-state index contributed by atoms with van der Waals surface area (Å²) in [5.74, 6) is -0.307. The van der Waals surface area contributed by atoms with Gasteiger partial charge in [-0.15, -0.1) is 0 Å². The monoisotopic (exact) mass is 228 g/mol. The van der Waals surface area contributed by atoms with E-state index in [9.17, 15) is 4.79 Å². The molecule has 1 aliphatic rings. The maximum absolute atomic E-state index is 11.0. The maximum atomic E-state index is 11.0. The van der Waals surface area contributed by atoms with E-state index in [1.165, 1.54) is 12.8 Å². The van der Waals surface area contributed by atoms with Crippen molar-refractivity contribution in [3.63, 3.8) is 0 Å². The second-order valence-electron chi connectivity index (χ2n) is 4.93. The van der Waals surface area contributed by atoms with Gasteiger partial charge >= 0.3 is 5.97 Å². The fourth-order valence-electron chi connectivity index (χ4n) is 2.45. The van der Waals surface area contributed by atoms with Crippen LogP contribution in [0.25, 0.3) is 0 Å². The number of hydrogen-bond donors (Lipinski definition) is 2. The van der Waals surface area contributed by atoms with E-state index in [1.807, 2.05) is 14.0 Å². The van der Waals surface area contributed by atoms with Crippen molar-refractivity contribution in [2.45, 2.75) is 32.7 Å². The van der Waals surface area contributed by atoms with Gasteiger partial charge < -0.3 is 10.4 Å². The minimum absolute atomic E-state index is 0.136. The first-order valence-electron chi connectivity index (χ1n) is 6.17. The van der Waals surface area contributed by atoms with Gasteiger partial charge in [-0.2, -0.15) is 0 Å². The third-order valence-corrected chi connectivity index (χ3v) is 3.73. The standard InChI is InChI=1S/C12H24N2O2/c1-9(12(15)16)10(2)14-6-4-5-11(8-14)7-13-3/h9-11,13H,4-8H2,1-3H3,(H,15,16). The number of rotatable bonds is 5. The van der Waals surface area contributed by atoms with Crippen LogP contribution >= 0.6 is 0 Å². The van der Waals surface area contributed by atoms with Crippen LogP contribution in [-0.2, 0) is 4.79 Å². The van der Waals surface area contributed by atoms with Crippen LogP contribution in [0, 0.1) is 11.8 Å². The van der Waals surface area contributed by atoms with E-state index in [-0.39, 0.29) is 12.0 Å². The fourth-order valence-corrected chi connectivity index (χ4v) is 2.45. The van der Waals surface area contributed by atoms with E-state index in [2.05, 4.69) is 10.2 Å². The lowest BCUT2D eigenvalue weighted by atomic mass is 9.93. The molecule has 4 nitrogen and oxygen atoms in total. The number of aliphatic carboxylic acids is 1. The largest absolute Gasteiger partial charge is 0.481 e. The molecule has 0 aliphatic carbocycles. The molecule has 0 aromatic carbocycles. The molecule has 16 heavy (non-hydrogen) atoms. The Morgan fingerprint density at radius 1 is 1.56 bits per heavy atom. The summed E-state index contributed by atoms with van der Waals surface area (Å²) in [4.78, 5) is 13.3. The van der Waals surface area contributed by atoms with Crippen LogP contribution in [-0.4, -0.2) is 48.7 Å².